The standard InChI is InChI=1S/C18H35N3O3/c1-2-3-4-8-14-21(22)20(13-9-6-11-18-16-24-18)19-12-7-5-10-17-15-23-17/h2,17-19,22H,1,3-16H2. The molecule has 0 radical (unpaired) electrons. The van der Waals surface area contributed by atoms with Crippen LogP contribution in [0.5, 0.6) is 0 Å². The van der Waals surface area contributed by atoms with Gasteiger partial charge in [0, 0.05) is 19.6 Å². The summed E-state index contributed by atoms with van der Waals surface area (Å²) in [5.41, 5.74) is 3.38. The zero-order valence-electron chi connectivity index (χ0n) is 15.0. The predicted octanol–water partition coefficient (Wildman–Crippen LogP) is 2.89. The van der Waals surface area contributed by atoms with Gasteiger partial charge in [-0.1, -0.05) is 6.08 Å². The minimum Gasteiger partial charge on any atom is -0.373 e. The Hall–Kier alpha value is -0.500. The summed E-state index contributed by atoms with van der Waals surface area (Å²) < 4.78 is 10.5. The molecular weight excluding hydrogens is 306 g/mol. The number of hydrogen-bond acceptors (Lipinski definition) is 6. The number of ether oxygens (including phenoxy) is 2. The molecule has 0 aromatic rings. The first kappa shape index (κ1) is 19.8. The van der Waals surface area contributed by atoms with Gasteiger partial charge in [0.15, 0.2) is 0 Å². The molecule has 24 heavy (non-hydrogen) atoms. The lowest BCUT2D eigenvalue weighted by molar-refractivity contribution is -0.268. The second-order valence-corrected chi connectivity index (χ2v) is 6.81. The fourth-order valence-electron chi connectivity index (χ4n) is 2.75. The molecule has 6 nitrogen and oxygen atoms in total. The molecule has 6 heteroatoms. The SMILES string of the molecule is C=CCCCCN(O)N(CCCCC1CO1)NCCCCC1CO1. The molecular formula is C18H35N3O3. The van der Waals surface area contributed by atoms with E-state index in [1.807, 2.05) is 11.2 Å². The highest BCUT2D eigenvalue weighted by atomic mass is 16.6. The molecule has 2 fully saturated rings. The van der Waals surface area contributed by atoms with Crippen molar-refractivity contribution in [2.75, 3.05) is 32.8 Å². The number of epoxide rings is 2. The fraction of sp³-hybridized carbons (Fsp3) is 0.889. The van der Waals surface area contributed by atoms with Crippen LogP contribution in [0.15, 0.2) is 12.7 Å². The molecule has 0 aromatic carbocycles. The highest BCUT2D eigenvalue weighted by Crippen LogP contribution is 2.17. The number of hydrogen-bond donors (Lipinski definition) is 2. The summed E-state index contributed by atoms with van der Waals surface area (Å²) in [6, 6.07) is 0. The first-order valence-corrected chi connectivity index (χ1v) is 9.61. The van der Waals surface area contributed by atoms with Gasteiger partial charge in [-0.2, -0.15) is 5.12 Å². The lowest BCUT2D eigenvalue weighted by Gasteiger charge is -2.30. The van der Waals surface area contributed by atoms with Crippen molar-refractivity contribution in [2.45, 2.75) is 70.0 Å². The van der Waals surface area contributed by atoms with E-state index in [1.165, 1.54) is 11.6 Å². The molecule has 2 N–H and O–H groups in total. The van der Waals surface area contributed by atoms with Gasteiger partial charge in [-0.25, -0.2) is 5.43 Å². The Morgan fingerprint density at radius 3 is 2.21 bits per heavy atom. The van der Waals surface area contributed by atoms with Crippen LogP contribution < -0.4 is 5.43 Å². The van der Waals surface area contributed by atoms with Crippen LogP contribution in [0.3, 0.4) is 0 Å². The Bertz CT molecular complexity index is 335. The molecule has 0 amide bonds. The van der Waals surface area contributed by atoms with Gasteiger partial charge in [0.2, 0.25) is 0 Å². The number of unbranched alkanes of at least 4 members (excludes halogenated alkanes) is 4. The lowest BCUT2D eigenvalue weighted by Crippen LogP contribution is -2.50. The van der Waals surface area contributed by atoms with Crippen LogP contribution in [-0.4, -0.2) is 60.6 Å². The molecule has 0 aliphatic carbocycles. The number of hydroxylamine groups is 1. The molecule has 0 bridgehead atoms. The average Bonchev–Trinajstić information content (AvgIpc) is 3.47. The molecule has 2 saturated heterocycles. The smallest absolute Gasteiger partial charge is 0.0810 e. The molecule has 2 aliphatic rings. The van der Waals surface area contributed by atoms with E-state index in [0.717, 1.165) is 77.7 Å². The molecule has 0 spiro atoms. The Morgan fingerprint density at radius 1 is 0.958 bits per heavy atom. The van der Waals surface area contributed by atoms with E-state index >= 15 is 0 Å². The minimum absolute atomic E-state index is 0.500. The van der Waals surface area contributed by atoms with Crippen molar-refractivity contribution in [2.24, 2.45) is 0 Å². The minimum atomic E-state index is 0.500. The van der Waals surface area contributed by atoms with Gasteiger partial charge >= 0.3 is 0 Å². The van der Waals surface area contributed by atoms with Crippen LogP contribution in [0.4, 0.5) is 0 Å². The van der Waals surface area contributed by atoms with Gasteiger partial charge in [0.25, 0.3) is 0 Å². The van der Waals surface area contributed by atoms with Crippen LogP contribution in [0.1, 0.15) is 57.8 Å². The number of hydrazine groups is 2. The number of nitrogens with zero attached hydrogens (tertiary/aromatic N) is 2. The predicted molar refractivity (Wildman–Crippen MR) is 94.4 cm³/mol. The van der Waals surface area contributed by atoms with Crippen molar-refractivity contribution in [1.29, 1.82) is 0 Å². The molecule has 0 saturated carbocycles. The van der Waals surface area contributed by atoms with Gasteiger partial charge in [-0.05, 0) is 57.8 Å². The first-order valence-electron chi connectivity index (χ1n) is 9.61. The van der Waals surface area contributed by atoms with Crippen LogP contribution in [0.25, 0.3) is 0 Å². The van der Waals surface area contributed by atoms with Crippen molar-refractivity contribution in [1.82, 2.24) is 15.7 Å². The van der Waals surface area contributed by atoms with E-state index in [9.17, 15) is 5.21 Å². The zero-order chi connectivity index (χ0) is 17.0. The monoisotopic (exact) mass is 341 g/mol. The summed E-state index contributed by atoms with van der Waals surface area (Å²) in [7, 11) is 0. The summed E-state index contributed by atoms with van der Waals surface area (Å²) in [5, 5.41) is 13.5. The molecule has 2 aliphatic heterocycles. The molecule has 2 heterocycles. The molecule has 0 aromatic heterocycles. The highest BCUT2D eigenvalue weighted by molar-refractivity contribution is 4.69. The Kier molecular flexibility index (Phi) is 9.87. The molecule has 2 atom stereocenters. The second-order valence-electron chi connectivity index (χ2n) is 6.81. The quantitative estimate of drug-likeness (QED) is 0.184. The third kappa shape index (κ3) is 9.71. The Morgan fingerprint density at radius 2 is 1.58 bits per heavy atom. The van der Waals surface area contributed by atoms with Crippen LogP contribution in [0, 0.1) is 0 Å². The number of allylic oxidation sites excluding steroid dienone is 1. The van der Waals surface area contributed by atoms with Gasteiger partial charge in [0.05, 0.1) is 25.4 Å². The van der Waals surface area contributed by atoms with E-state index < -0.39 is 0 Å². The fourth-order valence-corrected chi connectivity index (χ4v) is 2.75. The Balaban J connectivity index is 1.57. The summed E-state index contributed by atoms with van der Waals surface area (Å²) in [5.74, 6) is 0. The van der Waals surface area contributed by atoms with E-state index in [1.54, 1.807) is 0 Å². The van der Waals surface area contributed by atoms with Gasteiger partial charge in [-0.15, -0.1) is 11.8 Å². The van der Waals surface area contributed by atoms with E-state index in [4.69, 9.17) is 9.47 Å². The summed E-state index contributed by atoms with van der Waals surface area (Å²) in [6.45, 7) is 7.99. The number of nitrogens with one attached hydrogen (secondary N) is 1. The summed E-state index contributed by atoms with van der Waals surface area (Å²) >= 11 is 0. The topological polar surface area (TPSA) is 63.8 Å². The third-order valence-corrected chi connectivity index (χ3v) is 4.49. The third-order valence-electron chi connectivity index (χ3n) is 4.49. The maximum absolute atomic E-state index is 10.3. The van der Waals surface area contributed by atoms with Crippen molar-refractivity contribution >= 4 is 0 Å². The zero-order valence-corrected chi connectivity index (χ0v) is 15.0. The first-order chi connectivity index (χ1) is 11.8. The molecule has 140 valence electrons. The maximum Gasteiger partial charge on any atom is 0.0810 e. The average molecular weight is 341 g/mol. The van der Waals surface area contributed by atoms with Gasteiger partial charge < -0.3 is 9.47 Å². The van der Waals surface area contributed by atoms with Crippen LogP contribution >= 0.6 is 0 Å². The van der Waals surface area contributed by atoms with Crippen molar-refractivity contribution in [3.05, 3.63) is 12.7 Å². The van der Waals surface area contributed by atoms with Crippen LogP contribution in [0.2, 0.25) is 0 Å². The molecule has 2 unspecified atom stereocenters. The maximum atomic E-state index is 10.3. The van der Waals surface area contributed by atoms with Crippen molar-refractivity contribution in [3.63, 3.8) is 0 Å². The van der Waals surface area contributed by atoms with Gasteiger partial charge in [0.1, 0.15) is 0 Å². The summed E-state index contributed by atoms with van der Waals surface area (Å²) in [4.78, 5) is 0. The Labute approximate surface area is 146 Å². The normalized spacial score (nSPS) is 22.3. The second kappa shape index (κ2) is 12.0. The van der Waals surface area contributed by atoms with Crippen molar-refractivity contribution in [3.8, 4) is 0 Å². The van der Waals surface area contributed by atoms with E-state index in [0.29, 0.717) is 18.8 Å². The van der Waals surface area contributed by atoms with Crippen molar-refractivity contribution < 1.29 is 14.7 Å². The largest absolute Gasteiger partial charge is 0.373 e. The van der Waals surface area contributed by atoms with Crippen LogP contribution in [-0.2, 0) is 9.47 Å². The number of rotatable bonds is 17. The summed E-state index contributed by atoms with van der Waals surface area (Å²) in [6.07, 6.45) is 12.8. The van der Waals surface area contributed by atoms with E-state index in [2.05, 4.69) is 12.0 Å². The van der Waals surface area contributed by atoms with Gasteiger partial charge in [-0.3, -0.25) is 5.21 Å². The highest BCUT2D eigenvalue weighted by Gasteiger charge is 2.22. The van der Waals surface area contributed by atoms with E-state index in [-0.39, 0.29) is 0 Å². The molecule has 2 rings (SSSR count). The lowest BCUT2D eigenvalue weighted by atomic mass is 10.2.